The predicted octanol–water partition coefficient (Wildman–Crippen LogP) is 6.30. The van der Waals surface area contributed by atoms with E-state index in [9.17, 15) is 19.8 Å². The van der Waals surface area contributed by atoms with Crippen molar-refractivity contribution < 1.29 is 34.0 Å². The fourth-order valence-corrected chi connectivity index (χ4v) is 3.73. The first kappa shape index (κ1) is 26.6. The van der Waals surface area contributed by atoms with Crippen molar-refractivity contribution in [3.63, 3.8) is 0 Å². The van der Waals surface area contributed by atoms with E-state index in [1.54, 1.807) is 102 Å². The van der Waals surface area contributed by atoms with Gasteiger partial charge in [0.05, 0.1) is 5.56 Å². The topological polar surface area (TPSA) is 102 Å². The van der Waals surface area contributed by atoms with Crippen LogP contribution in [0.4, 0.5) is 4.79 Å². The van der Waals surface area contributed by atoms with E-state index >= 15 is 0 Å². The highest BCUT2D eigenvalue weighted by molar-refractivity contribution is 5.96. The monoisotopic (exact) mass is 492 g/mol. The van der Waals surface area contributed by atoms with Crippen LogP contribution in [0.2, 0.25) is 0 Å². The molecular weight excluding hydrogens is 460 g/mol. The number of hydrogen-bond donors (Lipinski definition) is 2. The molecule has 7 nitrogen and oxygen atoms in total. The van der Waals surface area contributed by atoms with Crippen molar-refractivity contribution in [2.24, 2.45) is 0 Å². The van der Waals surface area contributed by atoms with Gasteiger partial charge in [-0.05, 0) is 71.9 Å². The molecule has 0 saturated heterocycles. The minimum atomic E-state index is -1.10. The SMILES string of the molecule is CC(C)(C)OC(=O)OC(C)(C)C.O=C1OC(c2ccc(O)cc2)(c2ccc(O)cc2)c2ccccc21. The summed E-state index contributed by atoms with van der Waals surface area (Å²) in [6.45, 7) is 10.8. The maximum absolute atomic E-state index is 12.4. The van der Waals surface area contributed by atoms with Crippen LogP contribution in [0.3, 0.4) is 0 Å². The highest BCUT2D eigenvalue weighted by atomic mass is 16.7. The van der Waals surface area contributed by atoms with Crippen LogP contribution in [-0.2, 0) is 19.8 Å². The lowest BCUT2D eigenvalue weighted by Crippen LogP contribution is -2.30. The zero-order valence-electron chi connectivity index (χ0n) is 21.4. The van der Waals surface area contributed by atoms with Gasteiger partial charge < -0.3 is 24.4 Å². The van der Waals surface area contributed by atoms with Crippen LogP contribution in [0.15, 0.2) is 72.8 Å². The van der Waals surface area contributed by atoms with Gasteiger partial charge in [-0.2, -0.15) is 0 Å². The molecule has 0 saturated carbocycles. The van der Waals surface area contributed by atoms with Crippen LogP contribution >= 0.6 is 0 Å². The Bertz CT molecular complexity index is 1150. The Morgan fingerprint density at radius 3 is 1.56 bits per heavy atom. The van der Waals surface area contributed by atoms with Gasteiger partial charge in [0.1, 0.15) is 22.7 Å². The minimum absolute atomic E-state index is 0.136. The molecule has 36 heavy (non-hydrogen) atoms. The Hall–Kier alpha value is -4.00. The quantitative estimate of drug-likeness (QED) is 0.405. The maximum atomic E-state index is 12.4. The minimum Gasteiger partial charge on any atom is -0.508 e. The summed E-state index contributed by atoms with van der Waals surface area (Å²) in [5.41, 5.74) is 0.637. The normalized spacial score (nSPS) is 14.1. The summed E-state index contributed by atoms with van der Waals surface area (Å²) < 4.78 is 15.8. The van der Waals surface area contributed by atoms with E-state index in [-0.39, 0.29) is 11.5 Å². The summed E-state index contributed by atoms with van der Waals surface area (Å²) in [6.07, 6.45) is -0.616. The number of fused-ring (bicyclic) bond motifs is 1. The van der Waals surface area contributed by atoms with E-state index in [1.165, 1.54) is 0 Å². The number of carbonyl (C=O) groups is 2. The fraction of sp³-hybridized carbons (Fsp3) is 0.310. The van der Waals surface area contributed by atoms with Crippen molar-refractivity contribution in [2.45, 2.75) is 58.3 Å². The molecule has 0 radical (unpaired) electrons. The molecule has 0 amide bonds. The van der Waals surface area contributed by atoms with Crippen LogP contribution < -0.4 is 0 Å². The lowest BCUT2D eigenvalue weighted by Gasteiger charge is -2.30. The first-order valence-corrected chi connectivity index (χ1v) is 11.6. The number of benzene rings is 3. The third-order valence-corrected chi connectivity index (χ3v) is 5.10. The summed E-state index contributed by atoms with van der Waals surface area (Å²) in [7, 11) is 0. The number of phenolic OH excluding ortho intramolecular Hbond substituents is 2. The summed E-state index contributed by atoms with van der Waals surface area (Å²) in [6, 6.07) is 20.4. The average Bonchev–Trinajstić information content (AvgIpc) is 3.06. The number of ether oxygens (including phenoxy) is 3. The van der Waals surface area contributed by atoms with E-state index in [0.29, 0.717) is 5.56 Å². The lowest BCUT2D eigenvalue weighted by atomic mass is 9.80. The van der Waals surface area contributed by atoms with Crippen LogP contribution in [-0.4, -0.2) is 33.5 Å². The van der Waals surface area contributed by atoms with E-state index in [2.05, 4.69) is 0 Å². The molecule has 190 valence electrons. The van der Waals surface area contributed by atoms with Gasteiger partial charge in [0.2, 0.25) is 0 Å². The van der Waals surface area contributed by atoms with Crippen molar-refractivity contribution >= 4 is 12.1 Å². The molecule has 3 aromatic carbocycles. The third-order valence-electron chi connectivity index (χ3n) is 5.10. The Morgan fingerprint density at radius 1 is 0.722 bits per heavy atom. The summed E-state index contributed by atoms with van der Waals surface area (Å²) in [4.78, 5) is 23.5. The molecule has 1 aliphatic rings. The largest absolute Gasteiger partial charge is 0.509 e. The number of hydrogen-bond acceptors (Lipinski definition) is 7. The van der Waals surface area contributed by atoms with E-state index in [4.69, 9.17) is 14.2 Å². The number of aromatic hydroxyl groups is 2. The molecule has 0 aromatic heterocycles. The van der Waals surface area contributed by atoms with Gasteiger partial charge in [-0.1, -0.05) is 42.5 Å². The predicted molar refractivity (Wildman–Crippen MR) is 135 cm³/mol. The second kappa shape index (κ2) is 9.93. The molecule has 0 bridgehead atoms. The molecule has 0 atom stereocenters. The lowest BCUT2D eigenvalue weighted by molar-refractivity contribution is -0.0468. The first-order chi connectivity index (χ1) is 16.7. The van der Waals surface area contributed by atoms with Gasteiger partial charge >= 0.3 is 12.1 Å². The highest BCUT2D eigenvalue weighted by Gasteiger charge is 2.48. The molecule has 2 N–H and O–H groups in total. The molecule has 0 unspecified atom stereocenters. The van der Waals surface area contributed by atoms with Crippen molar-refractivity contribution in [1.82, 2.24) is 0 Å². The second-order valence-corrected chi connectivity index (χ2v) is 10.4. The van der Waals surface area contributed by atoms with Crippen LogP contribution in [0, 0.1) is 0 Å². The van der Waals surface area contributed by atoms with Crippen LogP contribution in [0.1, 0.15) is 68.6 Å². The molecule has 0 spiro atoms. The number of esters is 1. The van der Waals surface area contributed by atoms with Gasteiger partial charge in [-0.3, -0.25) is 0 Å². The van der Waals surface area contributed by atoms with Gasteiger partial charge in [0.25, 0.3) is 0 Å². The van der Waals surface area contributed by atoms with Gasteiger partial charge in [-0.25, -0.2) is 9.59 Å². The van der Waals surface area contributed by atoms with Crippen molar-refractivity contribution in [3.05, 3.63) is 95.1 Å². The molecule has 3 aromatic rings. The van der Waals surface area contributed by atoms with Crippen molar-refractivity contribution in [1.29, 1.82) is 0 Å². The Morgan fingerprint density at radius 2 is 1.14 bits per heavy atom. The average molecular weight is 493 g/mol. The van der Waals surface area contributed by atoms with Crippen LogP contribution in [0.5, 0.6) is 11.5 Å². The van der Waals surface area contributed by atoms with E-state index in [0.717, 1.165) is 16.7 Å². The maximum Gasteiger partial charge on any atom is 0.509 e. The van der Waals surface area contributed by atoms with Gasteiger partial charge in [-0.15, -0.1) is 0 Å². The van der Waals surface area contributed by atoms with E-state index in [1.807, 2.05) is 12.1 Å². The zero-order chi connectivity index (χ0) is 26.7. The number of rotatable bonds is 2. The molecular formula is C29H32O7. The van der Waals surface area contributed by atoms with Gasteiger partial charge in [0, 0.05) is 16.7 Å². The number of carbonyl (C=O) groups excluding carboxylic acids is 2. The second-order valence-electron chi connectivity index (χ2n) is 10.4. The molecule has 1 aliphatic heterocycles. The van der Waals surface area contributed by atoms with Crippen molar-refractivity contribution in [2.75, 3.05) is 0 Å². The summed E-state index contributed by atoms with van der Waals surface area (Å²) >= 11 is 0. The Balaban J connectivity index is 0.000000257. The smallest absolute Gasteiger partial charge is 0.508 e. The molecule has 4 rings (SSSR count). The number of phenols is 2. The molecule has 7 heteroatoms. The van der Waals surface area contributed by atoms with Crippen LogP contribution in [0.25, 0.3) is 0 Å². The summed E-state index contributed by atoms with van der Waals surface area (Å²) in [5.74, 6) is -0.124. The molecule has 0 fully saturated rings. The molecule has 1 heterocycles. The van der Waals surface area contributed by atoms with E-state index < -0.39 is 28.9 Å². The van der Waals surface area contributed by atoms with Crippen molar-refractivity contribution in [3.8, 4) is 11.5 Å². The zero-order valence-corrected chi connectivity index (χ0v) is 21.4. The Labute approximate surface area is 211 Å². The van der Waals surface area contributed by atoms with Gasteiger partial charge in [0.15, 0.2) is 5.60 Å². The summed E-state index contributed by atoms with van der Waals surface area (Å²) in [5, 5.41) is 19.2. The first-order valence-electron chi connectivity index (χ1n) is 11.6. The fourth-order valence-electron chi connectivity index (χ4n) is 3.73. The highest BCUT2D eigenvalue weighted by Crippen LogP contribution is 2.47. The third kappa shape index (κ3) is 6.16. The Kier molecular flexibility index (Phi) is 7.34. The molecule has 0 aliphatic carbocycles. The standard InChI is InChI=1S/C20H14O4.C9H18O3/c21-15-9-5-13(6-10-15)20(14-7-11-16(22)12-8-14)18-4-2-1-3-17(18)19(23)24-20;1-8(2,3)11-7(10)12-9(4,5)6/h1-12,21-22H;1-6H3. The number of cyclic esters (lactones) is 1.